The molecule has 2 aromatic rings. The summed E-state index contributed by atoms with van der Waals surface area (Å²) >= 11 is 11.6. The van der Waals surface area contributed by atoms with E-state index in [2.05, 4.69) is 21.2 Å². The van der Waals surface area contributed by atoms with Crippen molar-refractivity contribution in [2.24, 2.45) is 5.10 Å². The summed E-state index contributed by atoms with van der Waals surface area (Å²) < 4.78 is 13.0. The highest BCUT2D eigenvalue weighted by molar-refractivity contribution is 6.42. The first-order valence-electron chi connectivity index (χ1n) is 7.01. The molecule has 0 aromatic heterocycles. The second-order valence-corrected chi connectivity index (χ2v) is 5.60. The topological polar surface area (TPSA) is 82.6 Å². The maximum absolute atomic E-state index is 13.0. The van der Waals surface area contributed by atoms with E-state index in [9.17, 15) is 14.0 Å². The van der Waals surface area contributed by atoms with Crippen LogP contribution in [0.15, 0.2) is 47.6 Å². The molecule has 130 valence electrons. The van der Waals surface area contributed by atoms with Gasteiger partial charge in [-0.15, -0.1) is 0 Å². The zero-order valence-corrected chi connectivity index (χ0v) is 14.2. The zero-order chi connectivity index (χ0) is 18.2. The molecule has 9 heteroatoms. The normalized spacial score (nSPS) is 10.5. The van der Waals surface area contributed by atoms with Gasteiger partial charge in [-0.2, -0.15) is 5.10 Å². The number of benzene rings is 2. The van der Waals surface area contributed by atoms with Crippen molar-refractivity contribution in [1.82, 2.24) is 10.7 Å². The molecule has 0 atom stereocenters. The average molecular weight is 383 g/mol. The van der Waals surface area contributed by atoms with E-state index < -0.39 is 17.8 Å². The van der Waals surface area contributed by atoms with Crippen LogP contribution in [0.2, 0.25) is 10.0 Å². The largest absolute Gasteiger partial charge is 0.329 e. The van der Waals surface area contributed by atoms with Gasteiger partial charge in [0.1, 0.15) is 12.4 Å². The maximum atomic E-state index is 13.0. The number of urea groups is 1. The van der Waals surface area contributed by atoms with Gasteiger partial charge in [0.15, 0.2) is 0 Å². The van der Waals surface area contributed by atoms with E-state index in [1.807, 2.05) is 0 Å². The molecule has 0 radical (unpaired) electrons. The summed E-state index contributed by atoms with van der Waals surface area (Å²) in [4.78, 5) is 23.3. The van der Waals surface area contributed by atoms with Gasteiger partial charge >= 0.3 is 6.03 Å². The lowest BCUT2D eigenvalue weighted by Crippen LogP contribution is -2.37. The molecule has 2 rings (SSSR count). The third kappa shape index (κ3) is 6.40. The lowest BCUT2D eigenvalue weighted by molar-refractivity contribution is -0.120. The van der Waals surface area contributed by atoms with Gasteiger partial charge in [0, 0.05) is 5.69 Å². The fraction of sp³-hybridized carbons (Fsp3) is 0.0625. The first kappa shape index (κ1) is 18.7. The van der Waals surface area contributed by atoms with Crippen molar-refractivity contribution in [3.63, 3.8) is 0 Å². The smallest absolute Gasteiger partial charge is 0.319 e. The maximum Gasteiger partial charge on any atom is 0.319 e. The van der Waals surface area contributed by atoms with Gasteiger partial charge in [-0.1, -0.05) is 35.3 Å². The van der Waals surface area contributed by atoms with Crippen molar-refractivity contribution in [1.29, 1.82) is 0 Å². The molecule has 0 heterocycles. The van der Waals surface area contributed by atoms with Crippen molar-refractivity contribution < 1.29 is 14.0 Å². The Balaban J connectivity index is 1.75. The first-order chi connectivity index (χ1) is 11.9. The third-order valence-corrected chi connectivity index (χ3v) is 3.58. The summed E-state index contributed by atoms with van der Waals surface area (Å²) in [7, 11) is 0. The second-order valence-electron chi connectivity index (χ2n) is 4.78. The van der Waals surface area contributed by atoms with E-state index in [0.717, 1.165) is 0 Å². The Morgan fingerprint density at radius 3 is 2.64 bits per heavy atom. The van der Waals surface area contributed by atoms with Crippen LogP contribution in [0.4, 0.5) is 14.9 Å². The SMILES string of the molecule is O=C(CNC(=O)Nc1ccc(Cl)c(Cl)c1)N/N=C/c1cccc(F)c1. The van der Waals surface area contributed by atoms with E-state index in [0.29, 0.717) is 21.3 Å². The summed E-state index contributed by atoms with van der Waals surface area (Å²) in [6.07, 6.45) is 1.29. The van der Waals surface area contributed by atoms with Gasteiger partial charge in [0.05, 0.1) is 16.3 Å². The van der Waals surface area contributed by atoms with Crippen LogP contribution < -0.4 is 16.1 Å². The Morgan fingerprint density at radius 2 is 1.92 bits per heavy atom. The molecule has 6 nitrogen and oxygen atoms in total. The first-order valence-corrected chi connectivity index (χ1v) is 7.77. The standard InChI is InChI=1S/C16H13Cl2FN4O2/c17-13-5-4-12(7-14(13)18)22-16(25)20-9-15(24)23-21-8-10-2-1-3-11(19)6-10/h1-8H,9H2,(H,23,24)(H2,20,22,25)/b21-8+. The van der Waals surface area contributed by atoms with Crippen LogP contribution in [-0.4, -0.2) is 24.7 Å². The lowest BCUT2D eigenvalue weighted by Gasteiger charge is -2.07. The number of carbonyl (C=O) groups is 2. The van der Waals surface area contributed by atoms with E-state index in [4.69, 9.17) is 23.2 Å². The van der Waals surface area contributed by atoms with Crippen LogP contribution in [0.3, 0.4) is 0 Å². The Kier molecular flexibility index (Phi) is 6.73. The Labute approximate surface area is 153 Å². The van der Waals surface area contributed by atoms with Crippen LogP contribution in [0, 0.1) is 5.82 Å². The van der Waals surface area contributed by atoms with Gasteiger partial charge in [-0.3, -0.25) is 4.79 Å². The second kappa shape index (κ2) is 9.00. The number of nitrogens with one attached hydrogen (secondary N) is 3. The molecule has 0 unspecified atom stereocenters. The minimum atomic E-state index is -0.595. The van der Waals surface area contributed by atoms with Gasteiger partial charge in [-0.05, 0) is 35.9 Å². The molecule has 0 bridgehead atoms. The third-order valence-electron chi connectivity index (χ3n) is 2.84. The molecule has 2 aromatic carbocycles. The molecular weight excluding hydrogens is 370 g/mol. The van der Waals surface area contributed by atoms with Crippen LogP contribution in [0.1, 0.15) is 5.56 Å². The highest BCUT2D eigenvalue weighted by Gasteiger charge is 2.06. The molecular formula is C16H13Cl2FN4O2. The fourth-order valence-corrected chi connectivity index (χ4v) is 2.01. The summed E-state index contributed by atoms with van der Waals surface area (Å²) in [5.74, 6) is -0.951. The predicted molar refractivity (Wildman–Crippen MR) is 95.6 cm³/mol. The van der Waals surface area contributed by atoms with E-state index >= 15 is 0 Å². The number of hydrogen-bond acceptors (Lipinski definition) is 3. The number of carbonyl (C=O) groups excluding carboxylic acids is 2. The molecule has 0 aliphatic rings. The molecule has 0 fully saturated rings. The number of amides is 3. The summed E-state index contributed by atoms with van der Waals surface area (Å²) in [5.41, 5.74) is 3.13. The van der Waals surface area contributed by atoms with Crippen LogP contribution in [-0.2, 0) is 4.79 Å². The predicted octanol–water partition coefficient (Wildman–Crippen LogP) is 3.40. The lowest BCUT2D eigenvalue weighted by atomic mass is 10.2. The molecule has 3 N–H and O–H groups in total. The van der Waals surface area contributed by atoms with E-state index in [-0.39, 0.29) is 6.54 Å². The minimum absolute atomic E-state index is 0.295. The number of rotatable bonds is 5. The average Bonchev–Trinajstić information content (AvgIpc) is 2.56. The summed E-state index contributed by atoms with van der Waals surface area (Å²) in [6.45, 7) is -0.298. The molecule has 0 saturated carbocycles. The highest BCUT2D eigenvalue weighted by atomic mass is 35.5. The van der Waals surface area contributed by atoms with Crippen LogP contribution >= 0.6 is 23.2 Å². The number of anilines is 1. The highest BCUT2D eigenvalue weighted by Crippen LogP contribution is 2.24. The molecule has 0 aliphatic heterocycles. The van der Waals surface area contributed by atoms with Gasteiger partial charge in [0.25, 0.3) is 5.91 Å². The number of nitrogens with zero attached hydrogens (tertiary/aromatic N) is 1. The molecule has 0 aliphatic carbocycles. The van der Waals surface area contributed by atoms with Crippen molar-refractivity contribution in [2.45, 2.75) is 0 Å². The minimum Gasteiger partial charge on any atom is -0.329 e. The van der Waals surface area contributed by atoms with E-state index in [1.165, 1.54) is 36.5 Å². The van der Waals surface area contributed by atoms with Gasteiger partial charge in [-0.25, -0.2) is 14.6 Å². The quantitative estimate of drug-likeness (QED) is 0.546. The Bertz CT molecular complexity index is 814. The van der Waals surface area contributed by atoms with Gasteiger partial charge < -0.3 is 10.6 Å². The molecule has 25 heavy (non-hydrogen) atoms. The Hall–Kier alpha value is -2.64. The van der Waals surface area contributed by atoms with Crippen LogP contribution in [0.25, 0.3) is 0 Å². The summed E-state index contributed by atoms with van der Waals surface area (Å²) in [6, 6.07) is 9.69. The summed E-state index contributed by atoms with van der Waals surface area (Å²) in [5, 5.41) is 9.18. The number of halogens is 3. The van der Waals surface area contributed by atoms with Gasteiger partial charge in [0.2, 0.25) is 0 Å². The van der Waals surface area contributed by atoms with E-state index in [1.54, 1.807) is 12.1 Å². The van der Waals surface area contributed by atoms with Crippen molar-refractivity contribution in [2.75, 3.05) is 11.9 Å². The number of hydrazone groups is 1. The number of hydrogen-bond donors (Lipinski definition) is 3. The molecule has 3 amide bonds. The zero-order valence-electron chi connectivity index (χ0n) is 12.7. The van der Waals surface area contributed by atoms with Crippen LogP contribution in [0.5, 0.6) is 0 Å². The Morgan fingerprint density at radius 1 is 1.12 bits per heavy atom. The molecule has 0 saturated heterocycles. The van der Waals surface area contributed by atoms with Crippen molar-refractivity contribution in [3.05, 3.63) is 63.9 Å². The van der Waals surface area contributed by atoms with Crippen molar-refractivity contribution >= 4 is 47.0 Å². The monoisotopic (exact) mass is 382 g/mol. The molecule has 0 spiro atoms. The fourth-order valence-electron chi connectivity index (χ4n) is 1.71. The van der Waals surface area contributed by atoms with Crippen molar-refractivity contribution in [3.8, 4) is 0 Å².